The summed E-state index contributed by atoms with van der Waals surface area (Å²) in [7, 11) is 0. The molecular weight excluding hydrogens is 434 g/mol. The summed E-state index contributed by atoms with van der Waals surface area (Å²) in [5, 5.41) is 17.5. The monoisotopic (exact) mass is 465 g/mol. The molecule has 0 saturated heterocycles. The van der Waals surface area contributed by atoms with E-state index in [1.54, 1.807) is 11.3 Å². The Morgan fingerprint density at radius 3 is 2.45 bits per heavy atom. The maximum Gasteiger partial charge on any atom is 0.303 e. The van der Waals surface area contributed by atoms with Gasteiger partial charge in [0.1, 0.15) is 0 Å². The first-order chi connectivity index (χ1) is 16.0. The first kappa shape index (κ1) is 24.6. The molecule has 1 atom stereocenters. The molecule has 2 aromatic carbocycles. The molecule has 0 aliphatic rings. The lowest BCUT2D eigenvalue weighted by atomic mass is 10.0. The van der Waals surface area contributed by atoms with Crippen molar-refractivity contribution in [1.82, 2.24) is 10.6 Å². The molecule has 33 heavy (non-hydrogen) atoms. The minimum absolute atomic E-state index is 0.0135. The van der Waals surface area contributed by atoms with Gasteiger partial charge in [0.25, 0.3) is 0 Å². The molecule has 3 rings (SSSR count). The van der Waals surface area contributed by atoms with E-state index in [4.69, 9.17) is 10.8 Å². The van der Waals surface area contributed by atoms with Gasteiger partial charge < -0.3 is 21.5 Å². The summed E-state index contributed by atoms with van der Waals surface area (Å²) < 4.78 is 0. The van der Waals surface area contributed by atoms with Crippen LogP contribution in [0.5, 0.6) is 0 Å². The maximum atomic E-state index is 10.9. The van der Waals surface area contributed by atoms with Crippen LogP contribution in [0.1, 0.15) is 24.8 Å². The molecule has 1 unspecified atom stereocenters. The van der Waals surface area contributed by atoms with Crippen LogP contribution in [-0.4, -0.2) is 42.7 Å². The normalized spacial score (nSPS) is 11.9. The second-order valence-electron chi connectivity index (χ2n) is 8.05. The highest BCUT2D eigenvalue weighted by Gasteiger charge is 2.11. The first-order valence-electron chi connectivity index (χ1n) is 11.2. The number of aryl methyl sites for hydroxylation is 1. The minimum atomic E-state index is -0.821. The smallest absolute Gasteiger partial charge is 0.303 e. The summed E-state index contributed by atoms with van der Waals surface area (Å²) in [6.07, 6.45) is 2.47. The lowest BCUT2D eigenvalue weighted by Gasteiger charge is -2.18. The Kier molecular flexibility index (Phi) is 9.62. The number of primary amides is 1. The van der Waals surface area contributed by atoms with Gasteiger partial charge >= 0.3 is 5.97 Å². The second-order valence-corrected chi connectivity index (χ2v) is 8.96. The van der Waals surface area contributed by atoms with Gasteiger partial charge in [-0.2, -0.15) is 0 Å². The number of nitrogens with one attached hydrogen (secondary N) is 2. The Bertz CT molecular complexity index is 1020. The minimum Gasteiger partial charge on any atom is -0.481 e. The molecule has 3 aromatic rings. The fraction of sp³-hybridized carbons (Fsp3) is 0.308. The lowest BCUT2D eigenvalue weighted by Crippen LogP contribution is -2.42. The Labute approximate surface area is 198 Å². The largest absolute Gasteiger partial charge is 0.481 e. The molecule has 6 nitrogen and oxygen atoms in total. The fourth-order valence-corrected chi connectivity index (χ4v) is 4.57. The van der Waals surface area contributed by atoms with Crippen molar-refractivity contribution in [2.45, 2.75) is 31.7 Å². The van der Waals surface area contributed by atoms with Crippen molar-refractivity contribution < 1.29 is 14.7 Å². The molecule has 0 aliphatic heterocycles. The summed E-state index contributed by atoms with van der Waals surface area (Å²) in [4.78, 5) is 23.0. The van der Waals surface area contributed by atoms with E-state index in [2.05, 4.69) is 70.6 Å². The molecule has 5 N–H and O–H groups in total. The number of rotatable bonds is 14. The zero-order valence-electron chi connectivity index (χ0n) is 18.6. The van der Waals surface area contributed by atoms with Crippen LogP contribution < -0.4 is 16.4 Å². The Hall–Kier alpha value is -3.00. The summed E-state index contributed by atoms with van der Waals surface area (Å²) in [6.45, 7) is 1.38. The molecule has 1 aromatic heterocycles. The van der Waals surface area contributed by atoms with Crippen LogP contribution in [0, 0.1) is 0 Å². The number of nitrogens with two attached hydrogens (primary N) is 1. The number of hydrogen-bond donors (Lipinski definition) is 4. The van der Waals surface area contributed by atoms with Crippen LogP contribution in [0.25, 0.3) is 21.6 Å². The number of hydrogen-bond acceptors (Lipinski definition) is 5. The van der Waals surface area contributed by atoms with Crippen LogP contribution in [0.15, 0.2) is 66.0 Å². The third-order valence-electron chi connectivity index (χ3n) is 5.42. The molecule has 0 fully saturated rings. The van der Waals surface area contributed by atoms with Crippen LogP contribution in [0.3, 0.4) is 0 Å². The number of amides is 1. The Balaban J connectivity index is 1.46. The standard InChI is InChI=1S/C26H31N3O3S/c27-25(30)17-28-16-23(12-13-26(31)32)29-14-4-5-19-8-10-21(11-9-19)24-15-22(18-33-24)20-6-2-1-3-7-20/h1-3,6-11,15,18,23,28-29H,4-5,12-14,16-17H2,(H2,27,30)(H,31,32). The summed E-state index contributed by atoms with van der Waals surface area (Å²) in [5.74, 6) is -1.24. The second kappa shape index (κ2) is 12.9. The van der Waals surface area contributed by atoms with Crippen molar-refractivity contribution in [1.29, 1.82) is 0 Å². The van der Waals surface area contributed by atoms with Crippen molar-refractivity contribution in [3.05, 3.63) is 71.6 Å². The third kappa shape index (κ3) is 8.46. The average molecular weight is 466 g/mol. The number of thiophene rings is 1. The molecule has 0 aliphatic carbocycles. The van der Waals surface area contributed by atoms with Gasteiger partial charge in [0.05, 0.1) is 6.54 Å². The van der Waals surface area contributed by atoms with Gasteiger partial charge in [-0.25, -0.2) is 0 Å². The van der Waals surface area contributed by atoms with Crippen molar-refractivity contribution in [2.24, 2.45) is 5.73 Å². The predicted octanol–water partition coefficient (Wildman–Crippen LogP) is 3.91. The van der Waals surface area contributed by atoms with Crippen molar-refractivity contribution in [3.63, 3.8) is 0 Å². The number of benzene rings is 2. The molecule has 0 spiro atoms. The van der Waals surface area contributed by atoms with Crippen molar-refractivity contribution in [2.75, 3.05) is 19.6 Å². The van der Waals surface area contributed by atoms with E-state index in [0.717, 1.165) is 19.4 Å². The number of carboxylic acid groups (broad SMARTS) is 1. The van der Waals surface area contributed by atoms with E-state index in [1.165, 1.54) is 27.1 Å². The van der Waals surface area contributed by atoms with E-state index >= 15 is 0 Å². The zero-order chi connectivity index (χ0) is 23.5. The van der Waals surface area contributed by atoms with Gasteiger partial charge in [0, 0.05) is 23.9 Å². The third-order valence-corrected chi connectivity index (χ3v) is 6.40. The molecule has 0 radical (unpaired) electrons. The lowest BCUT2D eigenvalue weighted by molar-refractivity contribution is -0.137. The fourth-order valence-electron chi connectivity index (χ4n) is 3.65. The van der Waals surface area contributed by atoms with Gasteiger partial charge in [-0.05, 0) is 59.5 Å². The number of carbonyl (C=O) groups excluding carboxylic acids is 1. The zero-order valence-corrected chi connectivity index (χ0v) is 19.4. The van der Waals surface area contributed by atoms with Crippen LogP contribution in [0.2, 0.25) is 0 Å². The van der Waals surface area contributed by atoms with Crippen LogP contribution >= 0.6 is 11.3 Å². The van der Waals surface area contributed by atoms with Crippen LogP contribution in [-0.2, 0) is 16.0 Å². The summed E-state index contributed by atoms with van der Waals surface area (Å²) >= 11 is 1.76. The van der Waals surface area contributed by atoms with Crippen LogP contribution in [0.4, 0.5) is 0 Å². The molecule has 0 bridgehead atoms. The topological polar surface area (TPSA) is 104 Å². The molecule has 1 amide bonds. The van der Waals surface area contributed by atoms with E-state index in [0.29, 0.717) is 13.0 Å². The summed E-state index contributed by atoms with van der Waals surface area (Å²) in [6, 6.07) is 21.3. The summed E-state index contributed by atoms with van der Waals surface area (Å²) in [5.41, 5.74) is 10.1. The molecular formula is C26H31N3O3S. The molecule has 1 heterocycles. The Morgan fingerprint density at radius 1 is 1.00 bits per heavy atom. The van der Waals surface area contributed by atoms with Crippen molar-refractivity contribution >= 4 is 23.2 Å². The van der Waals surface area contributed by atoms with Gasteiger partial charge in [0.15, 0.2) is 0 Å². The molecule has 0 saturated carbocycles. The number of aliphatic carboxylic acids is 1. The van der Waals surface area contributed by atoms with E-state index in [-0.39, 0.29) is 19.0 Å². The quantitative estimate of drug-likeness (QED) is 0.270. The molecule has 7 heteroatoms. The Morgan fingerprint density at radius 2 is 1.76 bits per heavy atom. The first-order valence-corrected chi connectivity index (χ1v) is 12.1. The van der Waals surface area contributed by atoms with E-state index in [1.807, 2.05) is 6.07 Å². The van der Waals surface area contributed by atoms with Gasteiger partial charge in [-0.1, -0.05) is 54.6 Å². The highest BCUT2D eigenvalue weighted by atomic mass is 32.1. The van der Waals surface area contributed by atoms with Gasteiger partial charge in [-0.3, -0.25) is 9.59 Å². The highest BCUT2D eigenvalue weighted by Crippen LogP contribution is 2.32. The van der Waals surface area contributed by atoms with Gasteiger partial charge in [0.2, 0.25) is 5.91 Å². The van der Waals surface area contributed by atoms with Gasteiger partial charge in [-0.15, -0.1) is 11.3 Å². The SMILES string of the molecule is NC(=O)CNCC(CCC(=O)O)NCCCc1ccc(-c2cc(-c3ccccc3)cs2)cc1. The highest BCUT2D eigenvalue weighted by molar-refractivity contribution is 7.14. The maximum absolute atomic E-state index is 10.9. The average Bonchev–Trinajstić information content (AvgIpc) is 3.31. The van der Waals surface area contributed by atoms with E-state index < -0.39 is 11.9 Å². The van der Waals surface area contributed by atoms with E-state index in [9.17, 15) is 9.59 Å². The van der Waals surface area contributed by atoms with Crippen molar-refractivity contribution in [3.8, 4) is 21.6 Å². The number of carbonyl (C=O) groups is 2. The number of carboxylic acids is 1. The molecule has 174 valence electrons. The predicted molar refractivity (Wildman–Crippen MR) is 134 cm³/mol.